The zero-order chi connectivity index (χ0) is 22.7. The largest absolute Gasteiger partial charge is 0.390 e. The summed E-state index contributed by atoms with van der Waals surface area (Å²) in [5.41, 5.74) is 0.208. The van der Waals surface area contributed by atoms with Crippen molar-refractivity contribution < 1.29 is 19.4 Å². The third-order valence-corrected chi connectivity index (χ3v) is 6.67. The average molecular weight is 462 g/mol. The lowest BCUT2D eigenvalue weighted by atomic mass is 9.88. The Morgan fingerprint density at radius 1 is 1.00 bits per heavy atom. The Morgan fingerprint density at radius 2 is 1.62 bits per heavy atom. The lowest BCUT2D eigenvalue weighted by molar-refractivity contribution is -0.129. The van der Waals surface area contributed by atoms with Gasteiger partial charge in [-0.05, 0) is 48.4 Å². The maximum atomic E-state index is 13.1. The summed E-state index contributed by atoms with van der Waals surface area (Å²) in [4.78, 5) is 18.9. The molecule has 1 amide bonds. The van der Waals surface area contributed by atoms with Crippen LogP contribution in [0.5, 0.6) is 0 Å². The molecular weight excluding hydrogens is 433 g/mol. The number of rotatable bonds is 5. The molecular formula is C24H29ClFN3O3. The van der Waals surface area contributed by atoms with Crippen molar-refractivity contribution in [1.29, 1.82) is 0 Å². The van der Waals surface area contributed by atoms with Crippen molar-refractivity contribution in [3.63, 3.8) is 0 Å². The molecule has 8 heteroatoms. The van der Waals surface area contributed by atoms with E-state index < -0.39 is 11.7 Å². The number of hydrogen-bond donors (Lipinski definition) is 2. The molecule has 2 atom stereocenters. The number of nitrogens with zero attached hydrogens (tertiary/aromatic N) is 3. The first-order chi connectivity index (χ1) is 15.3. The van der Waals surface area contributed by atoms with Gasteiger partial charge in [-0.2, -0.15) is 0 Å². The summed E-state index contributed by atoms with van der Waals surface area (Å²) >= 11 is 5.91. The first kappa shape index (κ1) is 23.1. The molecule has 0 bridgehead atoms. The van der Waals surface area contributed by atoms with Gasteiger partial charge >= 0.3 is 0 Å². The Morgan fingerprint density at radius 3 is 2.28 bits per heavy atom. The molecule has 2 aliphatic rings. The number of aliphatic hydroxyl groups excluding tert-OH is 1. The fourth-order valence-electron chi connectivity index (χ4n) is 4.51. The molecule has 2 fully saturated rings. The summed E-state index contributed by atoms with van der Waals surface area (Å²) < 4.78 is 13.1. The third-order valence-electron chi connectivity index (χ3n) is 6.42. The Labute approximate surface area is 192 Å². The first-order valence-electron chi connectivity index (χ1n) is 11.0. The molecule has 6 nitrogen and oxygen atoms in total. The summed E-state index contributed by atoms with van der Waals surface area (Å²) in [6.07, 6.45) is -0.547. The summed E-state index contributed by atoms with van der Waals surface area (Å²) in [7, 11) is 0. The molecule has 2 aromatic rings. The van der Waals surface area contributed by atoms with E-state index in [1.165, 1.54) is 12.1 Å². The van der Waals surface area contributed by atoms with E-state index in [2.05, 4.69) is 9.80 Å². The van der Waals surface area contributed by atoms with Crippen LogP contribution in [0, 0.1) is 5.82 Å². The number of amides is 1. The Kier molecular flexibility index (Phi) is 7.12. The second-order valence-corrected chi connectivity index (χ2v) is 9.26. The second kappa shape index (κ2) is 9.85. The maximum absolute atomic E-state index is 13.1. The molecule has 32 heavy (non-hydrogen) atoms. The normalized spacial score (nSPS) is 25.1. The van der Waals surface area contributed by atoms with E-state index in [1.54, 1.807) is 41.3 Å². The second-order valence-electron chi connectivity index (χ2n) is 8.82. The van der Waals surface area contributed by atoms with E-state index in [0.717, 1.165) is 38.3 Å². The van der Waals surface area contributed by atoms with Crippen molar-refractivity contribution in [3.8, 4) is 0 Å². The molecule has 0 aromatic heterocycles. The van der Waals surface area contributed by atoms with Crippen molar-refractivity contribution >= 4 is 17.5 Å². The average Bonchev–Trinajstić information content (AvgIpc) is 2.79. The lowest BCUT2D eigenvalue weighted by Gasteiger charge is -2.46. The number of piperazine rings is 1. The van der Waals surface area contributed by atoms with Gasteiger partial charge < -0.3 is 15.1 Å². The predicted octanol–water partition coefficient (Wildman–Crippen LogP) is 2.23. The lowest BCUT2D eigenvalue weighted by Crippen LogP contribution is -2.64. The number of β-amino-alcohol motifs (C(OH)–C–C–N with tert-alkyl or cyclic N) is 1. The van der Waals surface area contributed by atoms with E-state index in [-0.39, 0.29) is 18.3 Å². The molecule has 0 aliphatic carbocycles. The van der Waals surface area contributed by atoms with E-state index in [9.17, 15) is 19.4 Å². The molecule has 0 unspecified atom stereocenters. The van der Waals surface area contributed by atoms with Gasteiger partial charge in [0.1, 0.15) is 11.4 Å². The van der Waals surface area contributed by atoms with Gasteiger partial charge in [-0.3, -0.25) is 14.6 Å². The molecule has 172 valence electrons. The zero-order valence-electron chi connectivity index (χ0n) is 18.0. The van der Waals surface area contributed by atoms with Crippen LogP contribution in [0.15, 0.2) is 48.5 Å². The first-order valence-corrected chi connectivity index (χ1v) is 11.3. The van der Waals surface area contributed by atoms with Crippen molar-refractivity contribution in [1.82, 2.24) is 14.7 Å². The highest BCUT2D eigenvalue weighted by atomic mass is 35.5. The number of hydrogen-bond acceptors (Lipinski definition) is 5. The van der Waals surface area contributed by atoms with Crippen LogP contribution < -0.4 is 0 Å². The van der Waals surface area contributed by atoms with Crippen LogP contribution in [0.1, 0.15) is 22.3 Å². The van der Waals surface area contributed by atoms with Crippen LogP contribution in [0.25, 0.3) is 0 Å². The van der Waals surface area contributed by atoms with E-state index in [0.29, 0.717) is 30.1 Å². The number of benzene rings is 2. The van der Waals surface area contributed by atoms with Gasteiger partial charge in [-0.25, -0.2) is 4.39 Å². The minimum atomic E-state index is -1.38. The molecule has 2 aliphatic heterocycles. The fraction of sp³-hybridized carbons (Fsp3) is 0.458. The Bertz CT molecular complexity index is 919. The summed E-state index contributed by atoms with van der Waals surface area (Å²) in [6.45, 7) is 4.69. The van der Waals surface area contributed by atoms with Crippen molar-refractivity contribution in [2.45, 2.75) is 24.7 Å². The van der Waals surface area contributed by atoms with Crippen LogP contribution >= 0.6 is 11.6 Å². The number of carbonyl (C=O) groups excluding carboxylic acids is 1. The number of halogens is 2. The Hall–Kier alpha value is -2.03. The van der Waals surface area contributed by atoms with Gasteiger partial charge in [0.15, 0.2) is 0 Å². The van der Waals surface area contributed by atoms with Crippen LogP contribution in [0.2, 0.25) is 5.02 Å². The standard InChI is InChI=1S/C24H29ClFN3O3/c25-20-5-3-19(4-6-20)23(31)29-10-9-22(30)24(32,17-29)16-28-13-11-27(12-14-28)15-18-1-7-21(26)8-2-18/h1-8,22,30,32H,9-17H2/t22-,24+/m1/s1. The molecule has 0 spiro atoms. The third kappa shape index (κ3) is 5.47. The quantitative estimate of drug-likeness (QED) is 0.714. The van der Waals surface area contributed by atoms with E-state index in [4.69, 9.17) is 11.6 Å². The summed E-state index contributed by atoms with van der Waals surface area (Å²) in [5, 5.41) is 22.4. The smallest absolute Gasteiger partial charge is 0.253 e. The van der Waals surface area contributed by atoms with Crippen LogP contribution in [0.4, 0.5) is 4.39 Å². The van der Waals surface area contributed by atoms with Crippen molar-refractivity contribution in [3.05, 3.63) is 70.5 Å². The molecule has 2 heterocycles. The molecule has 0 saturated carbocycles. The van der Waals surface area contributed by atoms with Gasteiger partial charge in [-0.1, -0.05) is 23.7 Å². The molecule has 2 aromatic carbocycles. The van der Waals surface area contributed by atoms with Crippen LogP contribution in [0.3, 0.4) is 0 Å². The molecule has 2 N–H and O–H groups in total. The van der Waals surface area contributed by atoms with Gasteiger partial charge in [-0.15, -0.1) is 0 Å². The van der Waals surface area contributed by atoms with Gasteiger partial charge in [0.05, 0.1) is 12.6 Å². The minimum Gasteiger partial charge on any atom is -0.390 e. The van der Waals surface area contributed by atoms with Crippen LogP contribution in [-0.4, -0.2) is 88.3 Å². The zero-order valence-corrected chi connectivity index (χ0v) is 18.7. The summed E-state index contributed by atoms with van der Waals surface area (Å²) in [5.74, 6) is -0.405. The van der Waals surface area contributed by atoms with E-state index in [1.807, 2.05) is 0 Å². The highest BCUT2D eigenvalue weighted by molar-refractivity contribution is 6.30. The number of piperidine rings is 1. The fourth-order valence-corrected chi connectivity index (χ4v) is 4.63. The van der Waals surface area contributed by atoms with Crippen molar-refractivity contribution in [2.75, 3.05) is 45.8 Å². The monoisotopic (exact) mass is 461 g/mol. The predicted molar refractivity (Wildman–Crippen MR) is 121 cm³/mol. The van der Waals surface area contributed by atoms with Gasteiger partial charge in [0.25, 0.3) is 5.91 Å². The van der Waals surface area contributed by atoms with E-state index >= 15 is 0 Å². The van der Waals surface area contributed by atoms with Gasteiger partial charge in [0.2, 0.25) is 0 Å². The number of likely N-dealkylation sites (tertiary alicyclic amines) is 1. The van der Waals surface area contributed by atoms with Crippen LogP contribution in [-0.2, 0) is 6.54 Å². The maximum Gasteiger partial charge on any atom is 0.253 e. The summed E-state index contributed by atoms with van der Waals surface area (Å²) in [6, 6.07) is 13.2. The highest BCUT2D eigenvalue weighted by Gasteiger charge is 2.44. The Balaban J connectivity index is 1.32. The molecule has 0 radical (unpaired) electrons. The van der Waals surface area contributed by atoms with Crippen molar-refractivity contribution in [2.24, 2.45) is 0 Å². The number of carbonyl (C=O) groups is 1. The minimum absolute atomic E-state index is 0.0887. The molecule has 2 saturated heterocycles. The van der Waals surface area contributed by atoms with Gasteiger partial charge in [0, 0.05) is 56.4 Å². The number of aliphatic hydroxyl groups is 2. The topological polar surface area (TPSA) is 67.2 Å². The SMILES string of the molecule is O=C(c1ccc(Cl)cc1)N1CC[C@@H](O)[C@](O)(CN2CCN(Cc3ccc(F)cc3)CC2)C1. The molecule has 4 rings (SSSR count). The highest BCUT2D eigenvalue weighted by Crippen LogP contribution is 2.25.